The van der Waals surface area contributed by atoms with Crippen molar-refractivity contribution in [3.05, 3.63) is 38.7 Å². The van der Waals surface area contributed by atoms with Crippen molar-refractivity contribution in [2.45, 2.75) is 41.9 Å². The highest BCUT2D eigenvalue weighted by atomic mass is 79.9. The SMILES string of the molecule is CC(N)c1cc(Br)ccc1Sc1n[nH]c(=O)n1C1CC1. The van der Waals surface area contributed by atoms with E-state index in [-0.39, 0.29) is 11.7 Å². The molecule has 3 N–H and O–H groups in total. The Balaban J connectivity index is 1.97. The van der Waals surface area contributed by atoms with E-state index in [1.165, 1.54) is 11.8 Å². The second kappa shape index (κ2) is 5.38. The summed E-state index contributed by atoms with van der Waals surface area (Å²) < 4.78 is 2.74. The van der Waals surface area contributed by atoms with Crippen molar-refractivity contribution in [1.82, 2.24) is 14.8 Å². The summed E-state index contributed by atoms with van der Waals surface area (Å²) in [5, 5.41) is 7.38. The quantitative estimate of drug-likeness (QED) is 0.884. The third kappa shape index (κ3) is 2.70. The van der Waals surface area contributed by atoms with Gasteiger partial charge in [0.1, 0.15) is 0 Å². The minimum absolute atomic E-state index is 0.0740. The van der Waals surface area contributed by atoms with Crippen molar-refractivity contribution in [3.8, 4) is 0 Å². The summed E-state index contributed by atoms with van der Waals surface area (Å²) in [6.45, 7) is 1.95. The number of nitrogens with one attached hydrogen (secondary N) is 1. The molecule has 1 aromatic heterocycles. The molecule has 20 heavy (non-hydrogen) atoms. The second-order valence-electron chi connectivity index (χ2n) is 4.99. The van der Waals surface area contributed by atoms with E-state index in [1.807, 2.05) is 25.1 Å². The number of halogens is 1. The van der Waals surface area contributed by atoms with Crippen LogP contribution in [0, 0.1) is 0 Å². The van der Waals surface area contributed by atoms with Gasteiger partial charge in [-0.05, 0) is 55.3 Å². The topological polar surface area (TPSA) is 76.7 Å². The summed E-state index contributed by atoms with van der Waals surface area (Å²) in [5.74, 6) is 0. The molecule has 1 unspecified atom stereocenters. The maximum absolute atomic E-state index is 11.8. The fourth-order valence-electron chi connectivity index (χ4n) is 2.08. The number of rotatable bonds is 4. The van der Waals surface area contributed by atoms with Crippen molar-refractivity contribution in [3.63, 3.8) is 0 Å². The van der Waals surface area contributed by atoms with Crippen LogP contribution in [-0.2, 0) is 0 Å². The molecule has 0 amide bonds. The lowest BCUT2D eigenvalue weighted by molar-refractivity contribution is 0.642. The highest BCUT2D eigenvalue weighted by molar-refractivity contribution is 9.10. The molecular weight excluding hydrogens is 340 g/mol. The number of nitrogens with two attached hydrogens (primary N) is 1. The van der Waals surface area contributed by atoms with Crippen molar-refractivity contribution >= 4 is 27.7 Å². The van der Waals surface area contributed by atoms with E-state index in [0.29, 0.717) is 11.2 Å². The van der Waals surface area contributed by atoms with E-state index in [0.717, 1.165) is 27.8 Å². The van der Waals surface area contributed by atoms with E-state index in [9.17, 15) is 4.79 Å². The van der Waals surface area contributed by atoms with Gasteiger partial charge in [-0.15, -0.1) is 5.10 Å². The molecule has 5 nitrogen and oxygen atoms in total. The summed E-state index contributed by atoms with van der Waals surface area (Å²) in [4.78, 5) is 12.8. The predicted octanol–water partition coefficient (Wildman–Crippen LogP) is 2.84. The fourth-order valence-corrected chi connectivity index (χ4v) is 3.58. The zero-order valence-electron chi connectivity index (χ0n) is 11.0. The molecule has 7 heteroatoms. The van der Waals surface area contributed by atoms with Crippen LogP contribution in [0.2, 0.25) is 0 Å². The minimum atomic E-state index is -0.130. The summed E-state index contributed by atoms with van der Waals surface area (Å²) >= 11 is 4.95. The van der Waals surface area contributed by atoms with Gasteiger partial charge in [-0.2, -0.15) is 0 Å². The fraction of sp³-hybridized carbons (Fsp3) is 0.385. The Labute approximate surface area is 129 Å². The largest absolute Gasteiger partial charge is 0.344 e. The zero-order valence-corrected chi connectivity index (χ0v) is 13.4. The number of hydrogen-bond acceptors (Lipinski definition) is 4. The van der Waals surface area contributed by atoms with Gasteiger partial charge in [0.2, 0.25) is 0 Å². The highest BCUT2D eigenvalue weighted by Crippen LogP contribution is 2.39. The Hall–Kier alpha value is -1.05. The van der Waals surface area contributed by atoms with Crippen molar-refractivity contribution < 1.29 is 0 Å². The molecule has 1 saturated carbocycles. The van der Waals surface area contributed by atoms with Gasteiger partial charge in [-0.1, -0.05) is 15.9 Å². The highest BCUT2D eigenvalue weighted by Gasteiger charge is 2.29. The number of aromatic amines is 1. The summed E-state index contributed by atoms with van der Waals surface area (Å²) in [5.41, 5.74) is 6.94. The number of hydrogen-bond donors (Lipinski definition) is 2. The number of H-pyrrole nitrogens is 1. The lowest BCUT2D eigenvalue weighted by Gasteiger charge is -2.12. The molecule has 0 bridgehead atoms. The first-order valence-corrected chi connectivity index (χ1v) is 8.07. The molecule has 1 aliphatic carbocycles. The summed E-state index contributed by atoms with van der Waals surface area (Å²) in [6.07, 6.45) is 2.10. The first-order chi connectivity index (χ1) is 9.56. The third-order valence-electron chi connectivity index (χ3n) is 3.25. The van der Waals surface area contributed by atoms with Crippen LogP contribution in [0.25, 0.3) is 0 Å². The molecule has 1 fully saturated rings. The van der Waals surface area contributed by atoms with Gasteiger partial charge in [-0.3, -0.25) is 4.57 Å². The Morgan fingerprint density at radius 1 is 1.55 bits per heavy atom. The second-order valence-corrected chi connectivity index (χ2v) is 6.91. The van der Waals surface area contributed by atoms with E-state index in [4.69, 9.17) is 5.73 Å². The Morgan fingerprint density at radius 3 is 2.95 bits per heavy atom. The van der Waals surface area contributed by atoms with Crippen molar-refractivity contribution in [2.75, 3.05) is 0 Å². The van der Waals surface area contributed by atoms with Gasteiger partial charge in [0.15, 0.2) is 5.16 Å². The van der Waals surface area contributed by atoms with Crippen LogP contribution in [0.4, 0.5) is 0 Å². The average Bonchev–Trinajstić information content (AvgIpc) is 3.17. The molecular formula is C13H15BrN4OS. The zero-order chi connectivity index (χ0) is 14.3. The molecule has 0 spiro atoms. The van der Waals surface area contributed by atoms with Crippen LogP contribution in [-0.4, -0.2) is 14.8 Å². The standard InChI is InChI=1S/C13H15BrN4OS/c1-7(15)10-6-8(14)2-5-11(10)20-13-17-16-12(19)18(13)9-3-4-9/h2,5-7,9H,3-4,15H2,1H3,(H,16,19). The first-order valence-electron chi connectivity index (χ1n) is 6.46. The molecule has 106 valence electrons. The molecule has 0 radical (unpaired) electrons. The molecule has 1 heterocycles. The van der Waals surface area contributed by atoms with Gasteiger partial charge in [-0.25, -0.2) is 9.89 Å². The van der Waals surface area contributed by atoms with Gasteiger partial charge in [0, 0.05) is 21.5 Å². The van der Waals surface area contributed by atoms with Crippen LogP contribution < -0.4 is 11.4 Å². The molecule has 1 aromatic carbocycles. The number of nitrogens with zero attached hydrogens (tertiary/aromatic N) is 2. The molecule has 1 aliphatic rings. The van der Waals surface area contributed by atoms with Crippen molar-refractivity contribution in [2.24, 2.45) is 5.73 Å². The van der Waals surface area contributed by atoms with E-state index < -0.39 is 0 Å². The van der Waals surface area contributed by atoms with Crippen LogP contribution >= 0.6 is 27.7 Å². The summed E-state index contributed by atoms with van der Waals surface area (Å²) in [7, 11) is 0. The van der Waals surface area contributed by atoms with Crippen LogP contribution in [0.15, 0.2) is 37.5 Å². The van der Waals surface area contributed by atoms with Gasteiger partial charge in [0.05, 0.1) is 0 Å². The van der Waals surface area contributed by atoms with Crippen molar-refractivity contribution in [1.29, 1.82) is 0 Å². The van der Waals surface area contributed by atoms with Crippen LogP contribution in [0.3, 0.4) is 0 Å². The van der Waals surface area contributed by atoms with Gasteiger partial charge >= 0.3 is 5.69 Å². The Morgan fingerprint density at radius 2 is 2.30 bits per heavy atom. The van der Waals surface area contributed by atoms with E-state index >= 15 is 0 Å². The minimum Gasteiger partial charge on any atom is -0.324 e. The number of aromatic nitrogens is 3. The normalized spacial score (nSPS) is 16.4. The first kappa shape index (κ1) is 13.9. The maximum atomic E-state index is 11.8. The molecule has 1 atom stereocenters. The van der Waals surface area contributed by atoms with Crippen LogP contribution in [0.5, 0.6) is 0 Å². The van der Waals surface area contributed by atoms with Crippen LogP contribution in [0.1, 0.15) is 37.4 Å². The summed E-state index contributed by atoms with van der Waals surface area (Å²) in [6, 6.07) is 6.22. The third-order valence-corrected chi connectivity index (χ3v) is 4.80. The van der Waals surface area contributed by atoms with Gasteiger partial charge in [0.25, 0.3) is 0 Å². The molecule has 0 saturated heterocycles. The maximum Gasteiger partial charge on any atom is 0.344 e. The smallest absolute Gasteiger partial charge is 0.324 e. The van der Waals surface area contributed by atoms with Gasteiger partial charge < -0.3 is 5.73 Å². The predicted molar refractivity (Wildman–Crippen MR) is 82.0 cm³/mol. The number of benzene rings is 1. The Bertz CT molecular complexity index is 690. The monoisotopic (exact) mass is 354 g/mol. The Kier molecular flexibility index (Phi) is 3.74. The lowest BCUT2D eigenvalue weighted by Crippen LogP contribution is -2.16. The molecule has 3 rings (SSSR count). The molecule has 2 aromatic rings. The molecule has 0 aliphatic heterocycles. The van der Waals surface area contributed by atoms with E-state index in [2.05, 4.69) is 26.1 Å². The lowest BCUT2D eigenvalue weighted by atomic mass is 10.1. The van der Waals surface area contributed by atoms with E-state index in [1.54, 1.807) is 4.57 Å². The average molecular weight is 355 g/mol.